The van der Waals surface area contributed by atoms with E-state index in [4.69, 9.17) is 10.5 Å². The molecule has 1 saturated carbocycles. The van der Waals surface area contributed by atoms with E-state index in [0.29, 0.717) is 12.6 Å². The number of hydrogen-bond donors (Lipinski definition) is 1. The Hall–Kier alpha value is -1.06. The first-order valence-corrected chi connectivity index (χ1v) is 8.43. The lowest BCUT2D eigenvalue weighted by Crippen LogP contribution is -2.40. The van der Waals surface area contributed by atoms with E-state index < -0.39 is 0 Å². The minimum Gasteiger partial charge on any atom is -0.497 e. The van der Waals surface area contributed by atoms with Crippen LogP contribution in [0.15, 0.2) is 24.3 Å². The van der Waals surface area contributed by atoms with Crippen LogP contribution in [0.4, 0.5) is 0 Å². The van der Waals surface area contributed by atoms with Crippen molar-refractivity contribution in [3.63, 3.8) is 0 Å². The molecule has 0 bridgehead atoms. The third-order valence-corrected chi connectivity index (χ3v) is 5.39. The Labute approximate surface area is 128 Å². The molecule has 116 valence electrons. The number of benzene rings is 1. The Kier molecular flexibility index (Phi) is 4.81. The molecule has 1 aromatic rings. The Morgan fingerprint density at radius 3 is 2.76 bits per heavy atom. The molecular weight excluding hydrogens is 260 g/mol. The summed E-state index contributed by atoms with van der Waals surface area (Å²) in [5, 5.41) is 0. The molecule has 2 N–H and O–H groups in total. The summed E-state index contributed by atoms with van der Waals surface area (Å²) in [5.41, 5.74) is 7.46. The number of ether oxygens (including phenoxy) is 1. The van der Waals surface area contributed by atoms with E-state index in [2.05, 4.69) is 23.1 Å². The monoisotopic (exact) mass is 288 g/mol. The fourth-order valence-corrected chi connectivity index (χ4v) is 4.36. The summed E-state index contributed by atoms with van der Waals surface area (Å²) in [7, 11) is 1.73. The molecule has 1 heterocycles. The van der Waals surface area contributed by atoms with Gasteiger partial charge in [0.05, 0.1) is 7.11 Å². The van der Waals surface area contributed by atoms with Crippen LogP contribution >= 0.6 is 0 Å². The second kappa shape index (κ2) is 6.80. The minimum atomic E-state index is 0.341. The summed E-state index contributed by atoms with van der Waals surface area (Å²) in [4.78, 5) is 2.69. The average molecular weight is 288 g/mol. The van der Waals surface area contributed by atoms with Crippen molar-refractivity contribution in [3.05, 3.63) is 29.8 Å². The normalized spacial score (nSPS) is 25.3. The van der Waals surface area contributed by atoms with Gasteiger partial charge in [-0.2, -0.15) is 0 Å². The van der Waals surface area contributed by atoms with Gasteiger partial charge >= 0.3 is 0 Å². The van der Waals surface area contributed by atoms with Gasteiger partial charge in [0.1, 0.15) is 5.75 Å². The molecule has 1 aliphatic heterocycles. The molecule has 3 rings (SSSR count). The average Bonchev–Trinajstić information content (AvgIpc) is 3.19. The first kappa shape index (κ1) is 14.9. The number of hydrogen-bond acceptors (Lipinski definition) is 3. The number of nitrogens with two attached hydrogens (primary N) is 1. The lowest BCUT2D eigenvalue weighted by Gasteiger charge is -2.36. The molecule has 1 aromatic carbocycles. The van der Waals surface area contributed by atoms with Crippen molar-refractivity contribution >= 4 is 0 Å². The van der Waals surface area contributed by atoms with Gasteiger partial charge in [0.15, 0.2) is 0 Å². The van der Waals surface area contributed by atoms with Gasteiger partial charge < -0.3 is 10.5 Å². The van der Waals surface area contributed by atoms with Crippen LogP contribution in [0.25, 0.3) is 0 Å². The minimum absolute atomic E-state index is 0.341. The predicted octanol–water partition coefficient (Wildman–Crippen LogP) is 3.35. The van der Waals surface area contributed by atoms with Crippen LogP contribution in [0, 0.1) is 5.92 Å². The highest BCUT2D eigenvalue weighted by molar-refractivity contribution is 5.31. The number of rotatable bonds is 5. The van der Waals surface area contributed by atoms with E-state index in [-0.39, 0.29) is 0 Å². The van der Waals surface area contributed by atoms with E-state index in [9.17, 15) is 0 Å². The van der Waals surface area contributed by atoms with Crippen LogP contribution in [0.3, 0.4) is 0 Å². The third kappa shape index (κ3) is 3.09. The molecule has 2 unspecified atom stereocenters. The van der Waals surface area contributed by atoms with Crippen LogP contribution < -0.4 is 10.5 Å². The number of nitrogens with zero attached hydrogens (tertiary/aromatic N) is 1. The van der Waals surface area contributed by atoms with Gasteiger partial charge in [0.25, 0.3) is 0 Å². The molecule has 21 heavy (non-hydrogen) atoms. The van der Waals surface area contributed by atoms with Gasteiger partial charge in [-0.25, -0.2) is 0 Å². The molecule has 1 saturated heterocycles. The molecule has 2 fully saturated rings. The Balaban J connectivity index is 1.80. The van der Waals surface area contributed by atoms with Gasteiger partial charge in [0.2, 0.25) is 0 Å². The molecule has 0 radical (unpaired) electrons. The molecule has 3 nitrogen and oxygen atoms in total. The van der Waals surface area contributed by atoms with Crippen LogP contribution in [-0.4, -0.2) is 31.1 Å². The summed E-state index contributed by atoms with van der Waals surface area (Å²) in [6.07, 6.45) is 8.34. The molecular formula is C18H28N2O. The summed E-state index contributed by atoms with van der Waals surface area (Å²) in [5.74, 6) is 1.83. The second-order valence-electron chi connectivity index (χ2n) is 6.52. The molecule has 1 aliphatic carbocycles. The maximum absolute atomic E-state index is 6.15. The van der Waals surface area contributed by atoms with Crippen LogP contribution in [-0.2, 0) is 0 Å². The summed E-state index contributed by atoms with van der Waals surface area (Å²) >= 11 is 0. The lowest BCUT2D eigenvalue weighted by atomic mass is 9.94. The fourth-order valence-electron chi connectivity index (χ4n) is 4.36. The number of methoxy groups -OCH3 is 1. The van der Waals surface area contributed by atoms with Gasteiger partial charge in [-0.15, -0.1) is 0 Å². The fraction of sp³-hybridized carbons (Fsp3) is 0.667. The Morgan fingerprint density at radius 2 is 2.05 bits per heavy atom. The highest BCUT2D eigenvalue weighted by atomic mass is 16.5. The van der Waals surface area contributed by atoms with E-state index in [1.54, 1.807) is 7.11 Å². The second-order valence-corrected chi connectivity index (χ2v) is 6.52. The first-order valence-electron chi connectivity index (χ1n) is 8.43. The summed E-state index contributed by atoms with van der Waals surface area (Å²) in [6.45, 7) is 1.89. The third-order valence-electron chi connectivity index (χ3n) is 5.39. The van der Waals surface area contributed by atoms with Crippen molar-refractivity contribution in [1.29, 1.82) is 0 Å². The number of likely N-dealkylation sites (tertiary alicyclic amines) is 1. The van der Waals surface area contributed by atoms with E-state index in [1.165, 1.54) is 50.6 Å². The van der Waals surface area contributed by atoms with Gasteiger partial charge in [-0.05, 0) is 55.8 Å². The van der Waals surface area contributed by atoms with Crippen molar-refractivity contribution in [2.75, 3.05) is 20.2 Å². The van der Waals surface area contributed by atoms with Crippen molar-refractivity contribution in [1.82, 2.24) is 4.90 Å². The van der Waals surface area contributed by atoms with Crippen LogP contribution in [0.2, 0.25) is 0 Å². The van der Waals surface area contributed by atoms with Crippen molar-refractivity contribution < 1.29 is 4.74 Å². The van der Waals surface area contributed by atoms with E-state index >= 15 is 0 Å². The maximum Gasteiger partial charge on any atom is 0.119 e. The molecule has 2 atom stereocenters. The van der Waals surface area contributed by atoms with Crippen LogP contribution in [0.5, 0.6) is 5.75 Å². The van der Waals surface area contributed by atoms with E-state index in [0.717, 1.165) is 17.7 Å². The van der Waals surface area contributed by atoms with Gasteiger partial charge in [0, 0.05) is 18.6 Å². The molecule has 0 aromatic heterocycles. The summed E-state index contributed by atoms with van der Waals surface area (Å²) in [6, 6.07) is 9.53. The zero-order valence-corrected chi connectivity index (χ0v) is 13.1. The van der Waals surface area contributed by atoms with E-state index in [1.807, 2.05) is 6.07 Å². The first-order chi connectivity index (χ1) is 10.3. The largest absolute Gasteiger partial charge is 0.497 e. The Morgan fingerprint density at radius 1 is 1.24 bits per heavy atom. The standard InChI is InChI=1S/C18H28N2O/c1-21-16-9-4-8-15(12-16)18(13-19)20-11-5-10-17(20)14-6-2-3-7-14/h4,8-9,12,14,17-18H,2-3,5-7,10-11,13,19H2,1H3. The topological polar surface area (TPSA) is 38.5 Å². The zero-order valence-electron chi connectivity index (χ0n) is 13.1. The lowest BCUT2D eigenvalue weighted by molar-refractivity contribution is 0.138. The molecule has 0 spiro atoms. The highest BCUT2D eigenvalue weighted by Crippen LogP contribution is 2.39. The quantitative estimate of drug-likeness (QED) is 0.903. The maximum atomic E-state index is 6.15. The highest BCUT2D eigenvalue weighted by Gasteiger charge is 2.36. The Bertz CT molecular complexity index is 456. The van der Waals surface area contributed by atoms with Gasteiger partial charge in [-0.3, -0.25) is 4.90 Å². The smallest absolute Gasteiger partial charge is 0.119 e. The molecule has 3 heteroatoms. The zero-order chi connectivity index (χ0) is 14.7. The van der Waals surface area contributed by atoms with Crippen molar-refractivity contribution in [3.8, 4) is 5.75 Å². The molecule has 0 amide bonds. The SMILES string of the molecule is COc1cccc(C(CN)N2CCCC2C2CCCC2)c1. The molecule has 2 aliphatic rings. The van der Waals surface area contributed by atoms with Crippen LogP contribution in [0.1, 0.15) is 50.1 Å². The van der Waals surface area contributed by atoms with Crippen molar-refractivity contribution in [2.24, 2.45) is 11.7 Å². The predicted molar refractivity (Wildman–Crippen MR) is 86.5 cm³/mol. The van der Waals surface area contributed by atoms with Crippen molar-refractivity contribution in [2.45, 2.75) is 50.6 Å². The summed E-state index contributed by atoms with van der Waals surface area (Å²) < 4.78 is 5.38. The van der Waals surface area contributed by atoms with Gasteiger partial charge in [-0.1, -0.05) is 25.0 Å².